The van der Waals surface area contributed by atoms with Crippen molar-refractivity contribution in [2.75, 3.05) is 0 Å². The molecule has 1 heterocycles. The number of rotatable bonds is 7. The zero-order valence-corrected chi connectivity index (χ0v) is 18.0. The van der Waals surface area contributed by atoms with E-state index < -0.39 is 12.7 Å². The molecular weight excluding hydrogens is 409 g/mol. The second-order valence-electron chi connectivity index (χ2n) is 7.52. The van der Waals surface area contributed by atoms with Crippen molar-refractivity contribution >= 4 is 19.0 Å². The van der Waals surface area contributed by atoms with E-state index in [2.05, 4.69) is 4.98 Å². The summed E-state index contributed by atoms with van der Waals surface area (Å²) in [5.41, 5.74) is 8.81. The molecule has 0 saturated heterocycles. The molecule has 0 unspecified atom stereocenters. The summed E-state index contributed by atoms with van der Waals surface area (Å²) in [5, 5.41) is 20.3. The maximum absolute atomic E-state index is 10.2. The summed E-state index contributed by atoms with van der Waals surface area (Å²) in [6.45, 7) is 0. The Bertz CT molecular complexity index is 1130. The minimum atomic E-state index is -1.82. The smallest absolute Gasteiger partial charge is 0.423 e. The third kappa shape index (κ3) is 4.62. The Morgan fingerprint density at radius 3 is 1.58 bits per heavy atom. The summed E-state index contributed by atoms with van der Waals surface area (Å²) in [6, 6.07) is 35.0. The first-order valence-electron chi connectivity index (χ1n) is 10.6. The van der Waals surface area contributed by atoms with Gasteiger partial charge in [-0.2, -0.15) is 0 Å². The van der Waals surface area contributed by atoms with E-state index in [0.29, 0.717) is 5.69 Å². The monoisotopic (exact) mass is 433 g/mol. The predicted octanol–water partition coefficient (Wildman–Crippen LogP) is 3.83. The topological polar surface area (TPSA) is 91.7 Å². The Morgan fingerprint density at radius 1 is 0.727 bits per heavy atom. The average Bonchev–Trinajstić information content (AvgIpc) is 2.88. The molecule has 0 amide bonds. The minimum absolute atomic E-state index is 0.0702. The van der Waals surface area contributed by atoms with Crippen molar-refractivity contribution in [3.8, 4) is 0 Å². The number of aliphatic imine (C=N–C) groups is 1. The molecule has 0 atom stereocenters. The van der Waals surface area contributed by atoms with Crippen LogP contribution >= 0.6 is 0 Å². The molecule has 3 aromatic carbocycles. The van der Waals surface area contributed by atoms with E-state index in [-0.39, 0.29) is 11.2 Å². The van der Waals surface area contributed by atoms with Crippen molar-refractivity contribution in [1.82, 2.24) is 4.98 Å². The summed E-state index contributed by atoms with van der Waals surface area (Å²) in [7, 11) is -1.82. The summed E-state index contributed by atoms with van der Waals surface area (Å²) >= 11 is 0. The largest absolute Gasteiger partial charge is 0.492 e. The zero-order chi connectivity index (χ0) is 23.1. The fourth-order valence-corrected chi connectivity index (χ4v) is 3.87. The molecule has 0 radical (unpaired) electrons. The number of benzene rings is 3. The highest BCUT2D eigenvalue weighted by molar-refractivity contribution is 6.58. The van der Waals surface area contributed by atoms with Gasteiger partial charge in [-0.05, 0) is 28.8 Å². The maximum Gasteiger partial charge on any atom is 0.492 e. The first kappa shape index (κ1) is 22.2. The quantitative estimate of drug-likeness (QED) is 0.235. The molecule has 0 spiro atoms. The highest BCUT2D eigenvalue weighted by atomic mass is 16.4. The second kappa shape index (κ2) is 10.1. The Hall–Kier alpha value is -4.00. The summed E-state index contributed by atoms with van der Waals surface area (Å²) in [5.74, 6) is 0. The van der Waals surface area contributed by atoms with Gasteiger partial charge < -0.3 is 15.8 Å². The van der Waals surface area contributed by atoms with Crippen LogP contribution in [0.5, 0.6) is 0 Å². The SMILES string of the molecule is NC(=C(C=NC(c1ccccc1)(c1ccccc1)c1ccccc1)B(O)O)c1ccccn1. The lowest BCUT2D eigenvalue weighted by Gasteiger charge is -2.32. The molecule has 0 aliphatic rings. The van der Waals surface area contributed by atoms with E-state index in [9.17, 15) is 10.0 Å². The third-order valence-electron chi connectivity index (χ3n) is 5.50. The van der Waals surface area contributed by atoms with E-state index in [1.807, 2.05) is 91.0 Å². The van der Waals surface area contributed by atoms with E-state index >= 15 is 0 Å². The molecule has 0 bridgehead atoms. The molecule has 5 nitrogen and oxygen atoms in total. The summed E-state index contributed by atoms with van der Waals surface area (Å²) in [4.78, 5) is 9.26. The Labute approximate surface area is 193 Å². The van der Waals surface area contributed by atoms with Crippen molar-refractivity contribution in [3.63, 3.8) is 0 Å². The number of nitrogens with zero attached hydrogens (tertiary/aromatic N) is 2. The van der Waals surface area contributed by atoms with Gasteiger partial charge >= 0.3 is 7.12 Å². The van der Waals surface area contributed by atoms with Crippen molar-refractivity contribution in [2.24, 2.45) is 10.7 Å². The van der Waals surface area contributed by atoms with Gasteiger partial charge in [-0.15, -0.1) is 0 Å². The van der Waals surface area contributed by atoms with Crippen LogP contribution in [0, 0.1) is 0 Å². The molecular formula is C27H24BN3O2. The first-order chi connectivity index (χ1) is 16.1. The van der Waals surface area contributed by atoms with Gasteiger partial charge in [0, 0.05) is 17.9 Å². The van der Waals surface area contributed by atoms with E-state index in [0.717, 1.165) is 16.7 Å². The normalized spacial score (nSPS) is 12.4. The van der Waals surface area contributed by atoms with Gasteiger partial charge in [-0.25, -0.2) is 0 Å². The molecule has 1 aromatic heterocycles. The fraction of sp³-hybridized carbons (Fsp3) is 0.0370. The predicted molar refractivity (Wildman–Crippen MR) is 133 cm³/mol. The third-order valence-corrected chi connectivity index (χ3v) is 5.50. The average molecular weight is 433 g/mol. The second-order valence-corrected chi connectivity index (χ2v) is 7.52. The number of pyridine rings is 1. The minimum Gasteiger partial charge on any atom is -0.423 e. The lowest BCUT2D eigenvalue weighted by molar-refractivity contribution is 0.422. The lowest BCUT2D eigenvalue weighted by atomic mass is 9.75. The van der Waals surface area contributed by atoms with Crippen LogP contribution in [0.2, 0.25) is 0 Å². The lowest BCUT2D eigenvalue weighted by Crippen LogP contribution is -2.29. The van der Waals surface area contributed by atoms with Crippen molar-refractivity contribution < 1.29 is 10.0 Å². The van der Waals surface area contributed by atoms with Gasteiger partial charge in [-0.3, -0.25) is 9.98 Å². The van der Waals surface area contributed by atoms with Gasteiger partial charge in [0.05, 0.1) is 11.4 Å². The Balaban J connectivity index is 1.98. The summed E-state index contributed by atoms with van der Waals surface area (Å²) < 4.78 is 0. The molecule has 33 heavy (non-hydrogen) atoms. The van der Waals surface area contributed by atoms with E-state index in [1.54, 1.807) is 24.4 Å². The molecule has 0 aliphatic carbocycles. The molecule has 0 aliphatic heterocycles. The van der Waals surface area contributed by atoms with Gasteiger partial charge in [-0.1, -0.05) is 97.1 Å². The van der Waals surface area contributed by atoms with Crippen LogP contribution in [0.1, 0.15) is 22.4 Å². The van der Waals surface area contributed by atoms with Crippen molar-refractivity contribution in [3.05, 3.63) is 143 Å². The van der Waals surface area contributed by atoms with Crippen LogP contribution in [0.15, 0.2) is 126 Å². The van der Waals surface area contributed by atoms with Gasteiger partial charge in [0.1, 0.15) is 5.54 Å². The fourth-order valence-electron chi connectivity index (χ4n) is 3.87. The number of aromatic nitrogens is 1. The standard InChI is InChI=1S/C27H24BN3O2/c29-26(25-18-10-11-19-30-25)24(28(32)33)20-31-27(21-12-4-1-5-13-21,22-14-6-2-7-15-22)23-16-8-3-9-17-23/h1-20,32-33H,29H2. The van der Waals surface area contributed by atoms with Crippen LogP contribution in [0.3, 0.4) is 0 Å². The molecule has 4 aromatic rings. The first-order valence-corrected chi connectivity index (χ1v) is 10.6. The highest BCUT2D eigenvalue weighted by Crippen LogP contribution is 2.40. The Morgan fingerprint density at radius 2 is 1.18 bits per heavy atom. The number of hydrogen-bond donors (Lipinski definition) is 3. The van der Waals surface area contributed by atoms with Crippen molar-refractivity contribution in [2.45, 2.75) is 5.54 Å². The number of hydrogen-bond acceptors (Lipinski definition) is 5. The Kier molecular flexibility index (Phi) is 6.79. The highest BCUT2D eigenvalue weighted by Gasteiger charge is 2.36. The number of allylic oxidation sites excluding steroid dienone is 1. The molecule has 6 heteroatoms. The van der Waals surface area contributed by atoms with Crippen LogP contribution in [0.25, 0.3) is 5.70 Å². The van der Waals surface area contributed by atoms with E-state index in [1.165, 1.54) is 6.21 Å². The van der Waals surface area contributed by atoms with Crippen LogP contribution < -0.4 is 5.73 Å². The molecule has 4 rings (SSSR count). The van der Waals surface area contributed by atoms with Gasteiger partial charge in [0.2, 0.25) is 0 Å². The maximum atomic E-state index is 10.2. The number of nitrogens with two attached hydrogens (primary N) is 1. The van der Waals surface area contributed by atoms with E-state index in [4.69, 9.17) is 10.7 Å². The molecule has 0 fully saturated rings. The van der Waals surface area contributed by atoms with Gasteiger partial charge in [0.25, 0.3) is 0 Å². The van der Waals surface area contributed by atoms with Crippen LogP contribution in [-0.2, 0) is 5.54 Å². The van der Waals surface area contributed by atoms with Gasteiger partial charge in [0.15, 0.2) is 0 Å². The summed E-state index contributed by atoms with van der Waals surface area (Å²) in [6.07, 6.45) is 3.05. The molecule has 162 valence electrons. The zero-order valence-electron chi connectivity index (χ0n) is 18.0. The molecule has 4 N–H and O–H groups in total. The van der Waals surface area contributed by atoms with Crippen LogP contribution in [-0.4, -0.2) is 28.4 Å². The van der Waals surface area contributed by atoms with Crippen molar-refractivity contribution in [1.29, 1.82) is 0 Å². The van der Waals surface area contributed by atoms with Crippen LogP contribution in [0.4, 0.5) is 0 Å². The molecule has 0 saturated carbocycles.